The van der Waals surface area contributed by atoms with Crippen LogP contribution < -0.4 is 10.1 Å². The Morgan fingerprint density at radius 1 is 1.33 bits per heavy atom. The van der Waals surface area contributed by atoms with Gasteiger partial charge in [0.05, 0.1) is 12.2 Å². The van der Waals surface area contributed by atoms with Crippen LogP contribution in [0.5, 0.6) is 5.75 Å². The number of hydrogen-bond donors (Lipinski definition) is 1. The zero-order chi connectivity index (χ0) is 15.4. The van der Waals surface area contributed by atoms with Gasteiger partial charge in [0.1, 0.15) is 11.9 Å². The molecule has 0 amide bonds. The second kappa shape index (κ2) is 7.61. The van der Waals surface area contributed by atoms with Crippen molar-refractivity contribution in [3.8, 4) is 5.75 Å². The SMILES string of the molecule is CCNC(C)c1cc(Br)ccc1OC1CC(C)OC(C)C1. The highest BCUT2D eigenvalue weighted by Crippen LogP contribution is 2.32. The third kappa shape index (κ3) is 4.70. The van der Waals surface area contributed by atoms with E-state index in [2.05, 4.69) is 61.1 Å². The Morgan fingerprint density at radius 2 is 2.00 bits per heavy atom. The van der Waals surface area contributed by atoms with Gasteiger partial charge in [0.15, 0.2) is 0 Å². The maximum absolute atomic E-state index is 6.31. The second-order valence-corrected chi connectivity index (χ2v) is 6.85. The van der Waals surface area contributed by atoms with E-state index in [4.69, 9.17) is 9.47 Å². The first-order valence-electron chi connectivity index (χ1n) is 7.84. The molecule has 2 rings (SSSR count). The number of rotatable bonds is 5. The molecule has 118 valence electrons. The molecule has 0 aliphatic carbocycles. The zero-order valence-corrected chi connectivity index (χ0v) is 14.9. The van der Waals surface area contributed by atoms with Gasteiger partial charge in [-0.05, 0) is 45.5 Å². The first kappa shape index (κ1) is 16.8. The Bertz CT molecular complexity index is 456. The molecule has 3 atom stereocenters. The van der Waals surface area contributed by atoms with Crippen LogP contribution in [0.15, 0.2) is 22.7 Å². The second-order valence-electron chi connectivity index (χ2n) is 5.93. The summed E-state index contributed by atoms with van der Waals surface area (Å²) >= 11 is 3.56. The van der Waals surface area contributed by atoms with Crippen molar-refractivity contribution in [2.24, 2.45) is 0 Å². The van der Waals surface area contributed by atoms with Crippen LogP contribution in [0.2, 0.25) is 0 Å². The molecule has 0 saturated carbocycles. The maximum Gasteiger partial charge on any atom is 0.124 e. The fourth-order valence-electron chi connectivity index (χ4n) is 3.00. The monoisotopic (exact) mass is 355 g/mol. The molecule has 1 fully saturated rings. The summed E-state index contributed by atoms with van der Waals surface area (Å²) in [6.45, 7) is 9.48. The first-order valence-corrected chi connectivity index (χ1v) is 8.63. The molecule has 1 saturated heterocycles. The van der Waals surface area contributed by atoms with Gasteiger partial charge in [-0.15, -0.1) is 0 Å². The van der Waals surface area contributed by atoms with Crippen molar-refractivity contribution in [2.75, 3.05) is 6.54 Å². The number of ether oxygens (including phenoxy) is 2. The van der Waals surface area contributed by atoms with Crippen molar-refractivity contribution in [1.82, 2.24) is 5.32 Å². The fourth-order valence-corrected chi connectivity index (χ4v) is 3.38. The van der Waals surface area contributed by atoms with E-state index in [1.165, 1.54) is 5.56 Å². The van der Waals surface area contributed by atoms with Crippen molar-refractivity contribution in [3.63, 3.8) is 0 Å². The van der Waals surface area contributed by atoms with Gasteiger partial charge in [-0.25, -0.2) is 0 Å². The summed E-state index contributed by atoms with van der Waals surface area (Å²) in [6.07, 6.45) is 2.68. The molecule has 1 aliphatic rings. The molecule has 0 radical (unpaired) electrons. The molecule has 1 N–H and O–H groups in total. The molecule has 1 heterocycles. The van der Waals surface area contributed by atoms with Crippen molar-refractivity contribution in [1.29, 1.82) is 0 Å². The van der Waals surface area contributed by atoms with Gasteiger partial charge in [0.25, 0.3) is 0 Å². The van der Waals surface area contributed by atoms with E-state index in [-0.39, 0.29) is 24.4 Å². The van der Waals surface area contributed by atoms with Crippen molar-refractivity contribution < 1.29 is 9.47 Å². The van der Waals surface area contributed by atoms with E-state index in [1.54, 1.807) is 0 Å². The molecule has 0 aromatic heterocycles. The van der Waals surface area contributed by atoms with Crippen LogP contribution in [0.3, 0.4) is 0 Å². The van der Waals surface area contributed by atoms with Gasteiger partial charge in [0, 0.05) is 28.9 Å². The van der Waals surface area contributed by atoms with Crippen LogP contribution in [0.25, 0.3) is 0 Å². The Kier molecular flexibility index (Phi) is 6.08. The Hall–Kier alpha value is -0.580. The zero-order valence-electron chi connectivity index (χ0n) is 13.4. The summed E-state index contributed by atoms with van der Waals surface area (Å²) in [7, 11) is 0. The molecule has 3 unspecified atom stereocenters. The molecule has 1 aliphatic heterocycles. The van der Waals surface area contributed by atoms with E-state index in [1.807, 2.05) is 6.07 Å². The van der Waals surface area contributed by atoms with Gasteiger partial charge < -0.3 is 14.8 Å². The van der Waals surface area contributed by atoms with Crippen LogP contribution in [-0.4, -0.2) is 24.9 Å². The molecule has 0 bridgehead atoms. The number of halogens is 1. The highest BCUT2D eigenvalue weighted by atomic mass is 79.9. The lowest BCUT2D eigenvalue weighted by atomic mass is 10.0. The topological polar surface area (TPSA) is 30.5 Å². The Labute approximate surface area is 136 Å². The molecule has 3 nitrogen and oxygen atoms in total. The fraction of sp³-hybridized carbons (Fsp3) is 0.647. The first-order chi connectivity index (χ1) is 9.99. The normalized spacial score (nSPS) is 27.4. The summed E-state index contributed by atoms with van der Waals surface area (Å²) in [5.74, 6) is 0.984. The predicted octanol–water partition coefficient (Wildman–Crippen LogP) is 4.45. The molecule has 0 spiro atoms. The summed E-state index contributed by atoms with van der Waals surface area (Å²) in [5.41, 5.74) is 1.21. The van der Waals surface area contributed by atoms with E-state index < -0.39 is 0 Å². The number of benzene rings is 1. The van der Waals surface area contributed by atoms with Gasteiger partial charge in [-0.3, -0.25) is 0 Å². The van der Waals surface area contributed by atoms with Gasteiger partial charge in [-0.1, -0.05) is 22.9 Å². The minimum atomic E-state index is 0.234. The van der Waals surface area contributed by atoms with Crippen LogP contribution >= 0.6 is 15.9 Å². The van der Waals surface area contributed by atoms with Gasteiger partial charge in [-0.2, -0.15) is 0 Å². The van der Waals surface area contributed by atoms with Gasteiger partial charge >= 0.3 is 0 Å². The van der Waals surface area contributed by atoms with Crippen molar-refractivity contribution in [2.45, 2.75) is 64.9 Å². The predicted molar refractivity (Wildman–Crippen MR) is 89.9 cm³/mol. The molecular weight excluding hydrogens is 330 g/mol. The summed E-state index contributed by atoms with van der Waals surface area (Å²) in [5, 5.41) is 3.46. The average molecular weight is 356 g/mol. The molecule has 1 aromatic rings. The summed E-state index contributed by atoms with van der Waals surface area (Å²) in [6, 6.07) is 6.54. The third-order valence-electron chi connectivity index (χ3n) is 3.90. The number of nitrogens with one attached hydrogen (secondary N) is 1. The van der Waals surface area contributed by atoms with Gasteiger partial charge in [0.2, 0.25) is 0 Å². The minimum Gasteiger partial charge on any atom is -0.490 e. The Balaban J connectivity index is 2.15. The Morgan fingerprint density at radius 3 is 2.62 bits per heavy atom. The van der Waals surface area contributed by atoms with Crippen LogP contribution in [-0.2, 0) is 4.74 Å². The van der Waals surface area contributed by atoms with Crippen molar-refractivity contribution in [3.05, 3.63) is 28.2 Å². The molecular formula is C17H26BrNO2. The van der Waals surface area contributed by atoms with Crippen LogP contribution in [0.1, 0.15) is 52.1 Å². The number of hydrogen-bond acceptors (Lipinski definition) is 3. The maximum atomic E-state index is 6.31. The van der Waals surface area contributed by atoms with E-state index in [0.29, 0.717) is 0 Å². The average Bonchev–Trinajstić information content (AvgIpc) is 2.40. The lowest BCUT2D eigenvalue weighted by molar-refractivity contribution is -0.0723. The highest BCUT2D eigenvalue weighted by molar-refractivity contribution is 9.10. The summed E-state index contributed by atoms with van der Waals surface area (Å²) < 4.78 is 13.2. The quantitative estimate of drug-likeness (QED) is 0.845. The van der Waals surface area contributed by atoms with E-state index >= 15 is 0 Å². The van der Waals surface area contributed by atoms with E-state index in [9.17, 15) is 0 Å². The van der Waals surface area contributed by atoms with Crippen LogP contribution in [0, 0.1) is 0 Å². The van der Waals surface area contributed by atoms with E-state index in [0.717, 1.165) is 29.6 Å². The molecule has 1 aromatic carbocycles. The molecule has 4 heteroatoms. The molecule has 21 heavy (non-hydrogen) atoms. The standard InChI is InChI=1S/C17H26BrNO2/c1-5-19-13(4)16-10-14(18)6-7-17(16)21-15-8-11(2)20-12(3)9-15/h6-7,10-13,15,19H,5,8-9H2,1-4H3. The smallest absolute Gasteiger partial charge is 0.124 e. The lowest BCUT2D eigenvalue weighted by Crippen LogP contribution is -2.36. The summed E-state index contributed by atoms with van der Waals surface area (Å²) in [4.78, 5) is 0. The highest BCUT2D eigenvalue weighted by Gasteiger charge is 2.26. The van der Waals surface area contributed by atoms with Crippen LogP contribution in [0.4, 0.5) is 0 Å². The van der Waals surface area contributed by atoms with Crippen molar-refractivity contribution >= 4 is 15.9 Å². The third-order valence-corrected chi connectivity index (χ3v) is 4.39. The largest absolute Gasteiger partial charge is 0.490 e. The minimum absolute atomic E-state index is 0.234. The lowest BCUT2D eigenvalue weighted by Gasteiger charge is -2.33.